The fourth-order valence-electron chi connectivity index (χ4n) is 1.95. The largest absolute Gasteiger partial charge is 0.370 e. The number of nitrogens with zero attached hydrogens (tertiary/aromatic N) is 1. The fourth-order valence-corrected chi connectivity index (χ4v) is 1.95. The van der Waals surface area contributed by atoms with Gasteiger partial charge in [0.05, 0.1) is 0 Å². The predicted molar refractivity (Wildman–Crippen MR) is 60.2 cm³/mol. The van der Waals surface area contributed by atoms with Crippen molar-refractivity contribution in [2.24, 2.45) is 22.4 Å². The topological polar surface area (TPSA) is 93.5 Å². The Bertz CT molecular complexity index is 244. The van der Waals surface area contributed by atoms with Gasteiger partial charge >= 0.3 is 0 Å². The number of amides is 1. The molecule has 0 aromatic carbocycles. The second-order valence-corrected chi connectivity index (χ2v) is 3.95. The third-order valence-electron chi connectivity index (χ3n) is 2.81. The zero-order valence-corrected chi connectivity index (χ0v) is 9.20. The number of rotatable bonds is 3. The van der Waals surface area contributed by atoms with Crippen LogP contribution < -0.4 is 16.8 Å². The average molecular weight is 212 g/mol. The first-order valence-electron chi connectivity index (χ1n) is 5.49. The first kappa shape index (κ1) is 11.8. The van der Waals surface area contributed by atoms with Crippen molar-refractivity contribution in [2.75, 3.05) is 6.54 Å². The van der Waals surface area contributed by atoms with Gasteiger partial charge in [-0.1, -0.05) is 0 Å². The van der Waals surface area contributed by atoms with Gasteiger partial charge in [-0.15, -0.1) is 0 Å². The maximum Gasteiger partial charge on any atom is 0.220 e. The van der Waals surface area contributed by atoms with E-state index in [4.69, 9.17) is 11.5 Å². The Kier molecular flexibility index (Phi) is 4.39. The van der Waals surface area contributed by atoms with Gasteiger partial charge in [-0.25, -0.2) is 0 Å². The second kappa shape index (κ2) is 5.58. The van der Waals surface area contributed by atoms with Crippen LogP contribution in [0.1, 0.15) is 32.6 Å². The number of guanidine groups is 1. The van der Waals surface area contributed by atoms with Crippen molar-refractivity contribution in [3.8, 4) is 0 Å². The highest BCUT2D eigenvalue weighted by molar-refractivity contribution is 5.78. The summed E-state index contributed by atoms with van der Waals surface area (Å²) in [5.74, 6) is 0.371. The normalized spacial score (nSPS) is 27.4. The van der Waals surface area contributed by atoms with Crippen LogP contribution in [0.25, 0.3) is 0 Å². The highest BCUT2D eigenvalue weighted by atomic mass is 16.1. The van der Waals surface area contributed by atoms with Crippen LogP contribution in [-0.4, -0.2) is 24.5 Å². The van der Waals surface area contributed by atoms with E-state index >= 15 is 0 Å². The molecule has 86 valence electrons. The number of aliphatic imine (C=N–C) groups is 1. The lowest BCUT2D eigenvalue weighted by atomic mass is 9.86. The van der Waals surface area contributed by atoms with Crippen molar-refractivity contribution in [2.45, 2.75) is 38.6 Å². The van der Waals surface area contributed by atoms with Crippen LogP contribution in [0.15, 0.2) is 4.99 Å². The van der Waals surface area contributed by atoms with Gasteiger partial charge in [-0.05, 0) is 32.6 Å². The Morgan fingerprint density at radius 3 is 2.40 bits per heavy atom. The molecule has 5 N–H and O–H groups in total. The summed E-state index contributed by atoms with van der Waals surface area (Å²) in [5.41, 5.74) is 10.9. The molecule has 1 aliphatic rings. The lowest BCUT2D eigenvalue weighted by molar-refractivity contribution is -0.122. The molecule has 5 nitrogen and oxygen atoms in total. The number of hydrogen-bond donors (Lipinski definition) is 3. The van der Waals surface area contributed by atoms with Crippen LogP contribution in [0, 0.1) is 5.92 Å². The zero-order valence-electron chi connectivity index (χ0n) is 9.20. The Balaban J connectivity index is 2.31. The van der Waals surface area contributed by atoms with Crippen molar-refractivity contribution in [3.63, 3.8) is 0 Å². The summed E-state index contributed by atoms with van der Waals surface area (Å²) in [5, 5.41) is 3.15. The van der Waals surface area contributed by atoms with Crippen LogP contribution >= 0.6 is 0 Å². The molecule has 0 bridgehead atoms. The van der Waals surface area contributed by atoms with E-state index in [2.05, 4.69) is 10.3 Å². The van der Waals surface area contributed by atoms with Gasteiger partial charge in [0.1, 0.15) is 0 Å². The minimum absolute atomic E-state index is 0.0485. The summed E-state index contributed by atoms with van der Waals surface area (Å²) < 4.78 is 0. The minimum atomic E-state index is -0.177. The third kappa shape index (κ3) is 3.77. The SMILES string of the molecule is CCN=C(N)NC1CCC(C(N)=O)CC1. The monoisotopic (exact) mass is 212 g/mol. The number of nitrogens with one attached hydrogen (secondary N) is 1. The summed E-state index contributed by atoms with van der Waals surface area (Å²) >= 11 is 0. The van der Waals surface area contributed by atoms with E-state index < -0.39 is 0 Å². The van der Waals surface area contributed by atoms with Gasteiger partial charge in [0.15, 0.2) is 5.96 Å². The van der Waals surface area contributed by atoms with Crippen molar-refractivity contribution in [3.05, 3.63) is 0 Å². The predicted octanol–water partition coefficient (Wildman–Crippen LogP) is -0.0453. The molecule has 1 amide bonds. The molecule has 0 atom stereocenters. The average Bonchev–Trinajstić information content (AvgIpc) is 2.18. The summed E-state index contributed by atoms with van der Waals surface area (Å²) in [6, 6.07) is 0.343. The van der Waals surface area contributed by atoms with Gasteiger partial charge < -0.3 is 16.8 Å². The van der Waals surface area contributed by atoms with Crippen LogP contribution in [0.5, 0.6) is 0 Å². The Morgan fingerprint density at radius 1 is 1.33 bits per heavy atom. The highest BCUT2D eigenvalue weighted by Crippen LogP contribution is 2.23. The van der Waals surface area contributed by atoms with Gasteiger partial charge in [-0.2, -0.15) is 0 Å². The third-order valence-corrected chi connectivity index (χ3v) is 2.81. The number of hydrogen-bond acceptors (Lipinski definition) is 2. The van der Waals surface area contributed by atoms with E-state index in [1.165, 1.54) is 0 Å². The molecule has 0 radical (unpaired) electrons. The zero-order chi connectivity index (χ0) is 11.3. The molecule has 0 aromatic heterocycles. The van der Waals surface area contributed by atoms with Crippen LogP contribution in [0.3, 0.4) is 0 Å². The van der Waals surface area contributed by atoms with Crippen LogP contribution in [0.4, 0.5) is 0 Å². The van der Waals surface area contributed by atoms with Gasteiger partial charge in [0.25, 0.3) is 0 Å². The summed E-state index contributed by atoms with van der Waals surface area (Å²) in [6.45, 7) is 2.63. The lowest BCUT2D eigenvalue weighted by Gasteiger charge is -2.27. The highest BCUT2D eigenvalue weighted by Gasteiger charge is 2.24. The quantitative estimate of drug-likeness (QED) is 0.452. The Labute approximate surface area is 90.3 Å². The van der Waals surface area contributed by atoms with Crippen LogP contribution in [-0.2, 0) is 4.79 Å². The van der Waals surface area contributed by atoms with Crippen molar-refractivity contribution < 1.29 is 4.79 Å². The molecular weight excluding hydrogens is 192 g/mol. The van der Waals surface area contributed by atoms with E-state index in [1.807, 2.05) is 6.92 Å². The molecule has 1 fully saturated rings. The number of nitrogens with two attached hydrogens (primary N) is 2. The van der Waals surface area contributed by atoms with Crippen LogP contribution in [0.2, 0.25) is 0 Å². The fraction of sp³-hybridized carbons (Fsp3) is 0.800. The van der Waals surface area contributed by atoms with E-state index in [1.54, 1.807) is 0 Å². The Morgan fingerprint density at radius 2 is 1.93 bits per heavy atom. The maximum atomic E-state index is 10.9. The Hall–Kier alpha value is -1.26. The molecule has 1 saturated carbocycles. The molecule has 0 saturated heterocycles. The first-order chi connectivity index (χ1) is 7.13. The van der Waals surface area contributed by atoms with E-state index in [-0.39, 0.29) is 11.8 Å². The molecule has 5 heteroatoms. The lowest BCUT2D eigenvalue weighted by Crippen LogP contribution is -2.43. The minimum Gasteiger partial charge on any atom is -0.370 e. The molecule has 0 spiro atoms. The first-order valence-corrected chi connectivity index (χ1v) is 5.49. The maximum absolute atomic E-state index is 10.9. The molecule has 0 aromatic rings. The van der Waals surface area contributed by atoms with Gasteiger partial charge in [0.2, 0.25) is 5.91 Å². The molecule has 1 rings (SSSR count). The molecule has 0 heterocycles. The van der Waals surface area contributed by atoms with Crippen molar-refractivity contribution in [1.29, 1.82) is 0 Å². The smallest absolute Gasteiger partial charge is 0.220 e. The molecule has 1 aliphatic carbocycles. The molecular formula is C10H20N4O. The van der Waals surface area contributed by atoms with E-state index in [0.717, 1.165) is 25.7 Å². The second-order valence-electron chi connectivity index (χ2n) is 3.95. The number of primary amides is 1. The number of carbonyl (C=O) groups excluding carboxylic acids is 1. The molecule has 0 unspecified atom stereocenters. The van der Waals surface area contributed by atoms with E-state index in [0.29, 0.717) is 18.5 Å². The van der Waals surface area contributed by atoms with Gasteiger partial charge in [0, 0.05) is 18.5 Å². The summed E-state index contributed by atoms with van der Waals surface area (Å²) in [6.07, 6.45) is 3.58. The summed E-state index contributed by atoms with van der Waals surface area (Å²) in [7, 11) is 0. The molecule has 15 heavy (non-hydrogen) atoms. The van der Waals surface area contributed by atoms with Crippen molar-refractivity contribution in [1.82, 2.24) is 5.32 Å². The van der Waals surface area contributed by atoms with Crippen molar-refractivity contribution >= 4 is 11.9 Å². The van der Waals surface area contributed by atoms with E-state index in [9.17, 15) is 4.79 Å². The summed E-state index contributed by atoms with van der Waals surface area (Å²) in [4.78, 5) is 15.0. The van der Waals surface area contributed by atoms with Gasteiger partial charge in [-0.3, -0.25) is 9.79 Å². The molecule has 0 aliphatic heterocycles. The standard InChI is InChI=1S/C10H20N4O/c1-2-13-10(12)14-8-5-3-7(4-6-8)9(11)15/h7-8H,2-6H2,1H3,(H2,11,15)(H3,12,13,14). The number of carbonyl (C=O) groups is 1.